The minimum absolute atomic E-state index is 0.0593. The highest BCUT2D eigenvalue weighted by molar-refractivity contribution is 7.91. The maximum atomic E-state index is 14.7. The first-order chi connectivity index (χ1) is 26.7. The summed E-state index contributed by atoms with van der Waals surface area (Å²) in [5.74, 6) is -2.02. The van der Waals surface area contributed by atoms with Crippen molar-refractivity contribution in [1.29, 1.82) is 0 Å². The second-order valence-corrected chi connectivity index (χ2v) is 18.2. The number of allylic oxidation sites excluding steroid dienone is 1. The van der Waals surface area contributed by atoms with Crippen molar-refractivity contribution in [3.8, 4) is 6.01 Å². The SMILES string of the molecule is CNC(=O)Nc1cccc2c1nc(O[C@@H]1C[C@H]3C(=O)N[C@]4(C(=O)NS(=O)(=O)C5(C)CC5)C[C@@H]4/C=C\CCCCC[C@H](Nc4ccccc4)C(=O)N3C1)n2C(C)C. The largest absolute Gasteiger partial charge is 0.459 e. The van der Waals surface area contributed by atoms with Gasteiger partial charge in [-0.05, 0) is 83.6 Å². The fraction of sp³-hybridized carbons (Fsp3) is 0.525. The molecule has 56 heavy (non-hydrogen) atoms. The predicted molar refractivity (Wildman–Crippen MR) is 212 cm³/mol. The van der Waals surface area contributed by atoms with Gasteiger partial charge in [-0.3, -0.25) is 23.7 Å². The number of hydrogen-bond acceptors (Lipinski definition) is 9. The molecular weight excluding hydrogens is 737 g/mol. The normalized spacial score (nSPS) is 26.8. The molecule has 0 spiro atoms. The number of para-hydroxylation sites is 2. The second-order valence-electron chi connectivity index (χ2n) is 16.0. The lowest BCUT2D eigenvalue weighted by Gasteiger charge is -2.30. The Hall–Kier alpha value is -5.12. The molecule has 1 aromatic heterocycles. The van der Waals surface area contributed by atoms with Crippen LogP contribution in [0.2, 0.25) is 0 Å². The van der Waals surface area contributed by atoms with Crippen molar-refractivity contribution < 1.29 is 32.3 Å². The molecule has 4 aliphatic rings. The quantitative estimate of drug-likeness (QED) is 0.193. The third-order valence-electron chi connectivity index (χ3n) is 11.5. The van der Waals surface area contributed by atoms with Gasteiger partial charge in [-0.2, -0.15) is 4.98 Å². The average molecular weight is 789 g/mol. The monoisotopic (exact) mass is 788 g/mol. The Kier molecular flexibility index (Phi) is 10.8. The number of amides is 5. The van der Waals surface area contributed by atoms with E-state index in [0.29, 0.717) is 30.5 Å². The minimum atomic E-state index is -3.97. The van der Waals surface area contributed by atoms with E-state index in [-0.39, 0.29) is 37.3 Å². The minimum Gasteiger partial charge on any atom is -0.459 e. The summed E-state index contributed by atoms with van der Waals surface area (Å²) in [5, 5.41) is 11.7. The molecule has 2 aliphatic carbocycles. The highest BCUT2D eigenvalue weighted by Gasteiger charge is 2.63. The lowest BCUT2D eigenvalue weighted by Crippen LogP contribution is -2.58. The van der Waals surface area contributed by atoms with Gasteiger partial charge >= 0.3 is 6.03 Å². The van der Waals surface area contributed by atoms with Crippen molar-refractivity contribution in [3.63, 3.8) is 0 Å². The first-order valence-corrected chi connectivity index (χ1v) is 21.1. The molecule has 0 radical (unpaired) electrons. The number of sulfonamides is 1. The number of rotatable bonds is 9. The summed E-state index contributed by atoms with van der Waals surface area (Å²) in [6.07, 6.45) is 8.24. The number of nitrogens with zero attached hydrogens (tertiary/aromatic N) is 3. The highest BCUT2D eigenvalue weighted by Crippen LogP contribution is 2.47. The lowest BCUT2D eigenvalue weighted by atomic mass is 10.0. The molecule has 16 heteroatoms. The van der Waals surface area contributed by atoms with Crippen molar-refractivity contribution >= 4 is 56.2 Å². The molecule has 5 amide bonds. The van der Waals surface area contributed by atoms with E-state index in [1.165, 1.54) is 11.9 Å². The van der Waals surface area contributed by atoms with Gasteiger partial charge in [-0.25, -0.2) is 13.2 Å². The van der Waals surface area contributed by atoms with E-state index < -0.39 is 62.3 Å². The van der Waals surface area contributed by atoms with Gasteiger partial charge in [-0.1, -0.05) is 49.3 Å². The Bertz CT molecular complexity index is 2130. The van der Waals surface area contributed by atoms with E-state index in [1.807, 2.05) is 73.0 Å². The Labute approximate surface area is 327 Å². The van der Waals surface area contributed by atoms with Crippen LogP contribution in [0.3, 0.4) is 0 Å². The molecule has 3 fully saturated rings. The fourth-order valence-electron chi connectivity index (χ4n) is 7.79. The Morgan fingerprint density at radius 1 is 1.04 bits per heavy atom. The summed E-state index contributed by atoms with van der Waals surface area (Å²) in [6.45, 7) is 5.63. The summed E-state index contributed by atoms with van der Waals surface area (Å²) in [7, 11) is -2.45. The number of imidazole rings is 1. The third kappa shape index (κ3) is 7.80. The molecule has 2 aliphatic heterocycles. The molecule has 0 bridgehead atoms. The molecule has 0 unspecified atom stereocenters. The van der Waals surface area contributed by atoms with Crippen LogP contribution in [0.5, 0.6) is 6.01 Å². The Morgan fingerprint density at radius 3 is 2.52 bits per heavy atom. The van der Waals surface area contributed by atoms with Crippen LogP contribution in [-0.4, -0.2) is 88.7 Å². The molecule has 3 heterocycles. The van der Waals surface area contributed by atoms with Crippen LogP contribution in [-0.2, 0) is 24.4 Å². The molecule has 3 aromatic rings. The molecular formula is C40H52N8O7S. The second kappa shape index (κ2) is 15.4. The van der Waals surface area contributed by atoms with E-state index in [2.05, 4.69) is 26.0 Å². The first kappa shape index (κ1) is 39.1. The van der Waals surface area contributed by atoms with Crippen LogP contribution in [0.4, 0.5) is 16.2 Å². The van der Waals surface area contributed by atoms with E-state index in [0.717, 1.165) is 36.9 Å². The summed E-state index contributed by atoms with van der Waals surface area (Å²) >= 11 is 0. The number of urea groups is 1. The lowest BCUT2D eigenvalue weighted by molar-refractivity contribution is -0.140. The van der Waals surface area contributed by atoms with Crippen molar-refractivity contribution in [2.45, 2.75) is 113 Å². The van der Waals surface area contributed by atoms with Gasteiger partial charge in [-0.15, -0.1) is 0 Å². The first-order valence-electron chi connectivity index (χ1n) is 19.6. The van der Waals surface area contributed by atoms with Crippen molar-refractivity contribution in [2.24, 2.45) is 5.92 Å². The standard InChI is InChI=1S/C40H52N8O7S/c1-25(2)48-31-19-13-18-29(43-37(52)41-4)33(31)44-38(48)55-28-22-32-34(49)45-40(36(51)46-56(53,54)39(3)20-21-39)23-26(40)14-9-6-5-7-12-17-30(35(50)47(32)24-28)42-27-15-10-8-11-16-27/h8-11,13-16,18-19,25-26,28,30,32,42H,5-7,12,17,20-24H2,1-4H3,(H,45,49)(H,46,51)(H2,41,43,52)/b14-9-/t26-,28+,30-,32-,40+/m0/s1. The Morgan fingerprint density at radius 2 is 1.80 bits per heavy atom. The van der Waals surface area contributed by atoms with Crippen molar-refractivity contribution in [3.05, 3.63) is 60.7 Å². The van der Waals surface area contributed by atoms with Gasteiger partial charge < -0.3 is 30.9 Å². The predicted octanol–water partition coefficient (Wildman–Crippen LogP) is 4.59. The topological polar surface area (TPSA) is 193 Å². The third-order valence-corrected chi connectivity index (χ3v) is 13.7. The van der Waals surface area contributed by atoms with Gasteiger partial charge in [0.25, 0.3) is 11.9 Å². The summed E-state index contributed by atoms with van der Waals surface area (Å²) in [4.78, 5) is 61.8. The molecule has 300 valence electrons. The van der Waals surface area contributed by atoms with Crippen LogP contribution in [0.15, 0.2) is 60.7 Å². The van der Waals surface area contributed by atoms with E-state index >= 15 is 0 Å². The van der Waals surface area contributed by atoms with E-state index in [1.54, 1.807) is 13.0 Å². The molecule has 1 saturated heterocycles. The molecule has 5 atom stereocenters. The number of aromatic nitrogens is 2. The van der Waals surface area contributed by atoms with Gasteiger partial charge in [0.05, 0.1) is 22.5 Å². The van der Waals surface area contributed by atoms with E-state index in [9.17, 15) is 27.6 Å². The molecule has 7 rings (SSSR count). The number of carbonyl (C=O) groups excluding carboxylic acids is 4. The zero-order valence-corrected chi connectivity index (χ0v) is 33.2. The number of hydrogen-bond donors (Lipinski definition) is 5. The van der Waals surface area contributed by atoms with Crippen LogP contribution in [0.25, 0.3) is 11.0 Å². The summed E-state index contributed by atoms with van der Waals surface area (Å²) in [6, 6.07) is 13.0. The number of carbonyl (C=O) groups is 4. The number of anilines is 2. The highest BCUT2D eigenvalue weighted by atomic mass is 32.2. The van der Waals surface area contributed by atoms with Gasteiger partial charge in [0.15, 0.2) is 0 Å². The van der Waals surface area contributed by atoms with Gasteiger partial charge in [0.2, 0.25) is 21.8 Å². The van der Waals surface area contributed by atoms with Gasteiger partial charge in [0, 0.05) is 31.1 Å². The number of nitrogens with one attached hydrogen (secondary N) is 5. The summed E-state index contributed by atoms with van der Waals surface area (Å²) in [5.41, 5.74) is 1.02. The number of benzene rings is 2. The van der Waals surface area contributed by atoms with Crippen LogP contribution >= 0.6 is 0 Å². The maximum absolute atomic E-state index is 14.7. The van der Waals surface area contributed by atoms with Crippen LogP contribution in [0, 0.1) is 5.92 Å². The smallest absolute Gasteiger partial charge is 0.319 e. The van der Waals surface area contributed by atoms with Crippen molar-refractivity contribution in [1.82, 2.24) is 29.8 Å². The average Bonchev–Trinajstić information content (AvgIpc) is 3.99. The molecule has 2 aromatic carbocycles. The maximum Gasteiger partial charge on any atom is 0.319 e. The molecule has 15 nitrogen and oxygen atoms in total. The molecule has 5 N–H and O–H groups in total. The van der Waals surface area contributed by atoms with E-state index in [4.69, 9.17) is 9.72 Å². The van der Waals surface area contributed by atoms with Crippen molar-refractivity contribution in [2.75, 3.05) is 24.2 Å². The fourth-order valence-corrected chi connectivity index (χ4v) is 9.11. The number of ether oxygens (including phenoxy) is 1. The zero-order valence-electron chi connectivity index (χ0n) is 32.3. The zero-order chi connectivity index (χ0) is 39.8. The summed E-state index contributed by atoms with van der Waals surface area (Å²) < 4.78 is 36.2. The Balaban J connectivity index is 1.22. The van der Waals surface area contributed by atoms with Gasteiger partial charge in [0.1, 0.15) is 29.2 Å². The van der Waals surface area contributed by atoms with Crippen LogP contribution < -0.4 is 30.7 Å². The number of fused-ring (bicyclic) bond motifs is 3. The van der Waals surface area contributed by atoms with Crippen LogP contribution in [0.1, 0.15) is 84.6 Å². The molecule has 2 saturated carbocycles.